The van der Waals surface area contributed by atoms with Crippen molar-refractivity contribution in [3.63, 3.8) is 0 Å². The van der Waals surface area contributed by atoms with Gasteiger partial charge in [0, 0.05) is 43.6 Å². The highest BCUT2D eigenvalue weighted by molar-refractivity contribution is 6.04. The molecule has 6 rings (SSSR count). The number of aromatic nitrogens is 3. The highest BCUT2D eigenvalue weighted by atomic mass is 16.2. The van der Waals surface area contributed by atoms with Crippen molar-refractivity contribution >= 4 is 29.0 Å². The van der Waals surface area contributed by atoms with Crippen LogP contribution in [0.25, 0.3) is 11.3 Å². The van der Waals surface area contributed by atoms with Gasteiger partial charge in [-0.3, -0.25) is 10.2 Å². The van der Waals surface area contributed by atoms with Gasteiger partial charge >= 0.3 is 6.03 Å². The third kappa shape index (κ3) is 3.32. The highest BCUT2D eigenvalue weighted by Crippen LogP contribution is 2.40. The number of amides is 2. The number of nitrogens with zero attached hydrogens (tertiary/aromatic N) is 6. The summed E-state index contributed by atoms with van der Waals surface area (Å²) in [5, 5.41) is 2.91. The lowest BCUT2D eigenvalue weighted by atomic mass is 10.1. The van der Waals surface area contributed by atoms with Crippen molar-refractivity contribution in [2.24, 2.45) is 0 Å². The van der Waals surface area contributed by atoms with Gasteiger partial charge in [0.1, 0.15) is 12.1 Å². The molecule has 5 heterocycles. The monoisotopic (exact) mass is 427 g/mol. The fraction of sp³-hybridized carbons (Fsp3) is 0.333. The smallest absolute Gasteiger partial charge is 0.329 e. The molecule has 3 aliphatic rings. The summed E-state index contributed by atoms with van der Waals surface area (Å²) < 4.78 is 0. The number of fused-ring (bicyclic) bond motifs is 4. The zero-order chi connectivity index (χ0) is 21.5. The zero-order valence-electron chi connectivity index (χ0n) is 17.8. The van der Waals surface area contributed by atoms with Crippen LogP contribution in [0.15, 0.2) is 55.0 Å². The van der Waals surface area contributed by atoms with E-state index in [1.807, 2.05) is 4.90 Å². The van der Waals surface area contributed by atoms with Gasteiger partial charge in [0.05, 0.1) is 17.4 Å². The van der Waals surface area contributed by atoms with Crippen molar-refractivity contribution in [1.82, 2.24) is 15.0 Å². The first-order valence-corrected chi connectivity index (χ1v) is 11.2. The molecule has 1 N–H and O–H groups in total. The number of pyridine rings is 1. The van der Waals surface area contributed by atoms with Crippen LogP contribution in [0.5, 0.6) is 0 Å². The van der Waals surface area contributed by atoms with Crippen LogP contribution in [0.2, 0.25) is 0 Å². The SMILES string of the molecule is O=C(Nc1ccncn1)N1c2nc(-c3cccc(N4CCCC4)c3)ccc2N2CC[C@H]1C2. The first kappa shape index (κ1) is 19.0. The Kier molecular flexibility index (Phi) is 4.63. The van der Waals surface area contributed by atoms with E-state index >= 15 is 0 Å². The van der Waals surface area contributed by atoms with Crippen LogP contribution in [0.3, 0.4) is 0 Å². The number of urea groups is 1. The van der Waals surface area contributed by atoms with Gasteiger partial charge in [0.2, 0.25) is 0 Å². The third-order valence-corrected chi connectivity index (χ3v) is 6.60. The Hall–Kier alpha value is -3.68. The van der Waals surface area contributed by atoms with E-state index < -0.39 is 0 Å². The molecule has 2 bridgehead atoms. The molecule has 2 amide bonds. The van der Waals surface area contributed by atoms with Gasteiger partial charge < -0.3 is 9.80 Å². The maximum Gasteiger partial charge on any atom is 0.329 e. The molecule has 0 unspecified atom stereocenters. The second kappa shape index (κ2) is 7.78. The molecular weight excluding hydrogens is 402 g/mol. The van der Waals surface area contributed by atoms with E-state index in [4.69, 9.17) is 4.98 Å². The molecule has 0 radical (unpaired) electrons. The Morgan fingerprint density at radius 1 is 1.03 bits per heavy atom. The lowest BCUT2D eigenvalue weighted by molar-refractivity contribution is 0.254. The summed E-state index contributed by atoms with van der Waals surface area (Å²) >= 11 is 0. The summed E-state index contributed by atoms with van der Waals surface area (Å²) in [5.41, 5.74) is 4.20. The van der Waals surface area contributed by atoms with E-state index in [1.54, 1.807) is 12.3 Å². The number of rotatable bonds is 3. The molecule has 8 heteroatoms. The topological polar surface area (TPSA) is 77.5 Å². The first-order valence-electron chi connectivity index (χ1n) is 11.2. The van der Waals surface area contributed by atoms with Crippen LogP contribution in [-0.4, -0.2) is 53.2 Å². The quantitative estimate of drug-likeness (QED) is 0.686. The van der Waals surface area contributed by atoms with Crippen molar-refractivity contribution in [3.8, 4) is 11.3 Å². The van der Waals surface area contributed by atoms with Crippen LogP contribution in [-0.2, 0) is 0 Å². The molecule has 0 spiro atoms. The van der Waals surface area contributed by atoms with Crippen molar-refractivity contribution in [1.29, 1.82) is 0 Å². The maximum absolute atomic E-state index is 13.3. The normalized spacial score (nSPS) is 19.2. The Morgan fingerprint density at radius 2 is 1.94 bits per heavy atom. The fourth-order valence-electron chi connectivity index (χ4n) is 5.00. The van der Waals surface area contributed by atoms with Crippen molar-refractivity contribution in [2.45, 2.75) is 25.3 Å². The van der Waals surface area contributed by atoms with E-state index in [9.17, 15) is 4.79 Å². The van der Waals surface area contributed by atoms with Crippen LogP contribution in [0.4, 0.5) is 27.8 Å². The summed E-state index contributed by atoms with van der Waals surface area (Å²) in [5.74, 6) is 1.20. The highest BCUT2D eigenvalue weighted by Gasteiger charge is 2.40. The molecule has 2 fully saturated rings. The van der Waals surface area contributed by atoms with E-state index in [-0.39, 0.29) is 12.1 Å². The maximum atomic E-state index is 13.3. The number of carbonyl (C=O) groups is 1. The third-order valence-electron chi connectivity index (χ3n) is 6.60. The fourth-order valence-corrected chi connectivity index (χ4v) is 5.00. The molecular formula is C24H25N7O. The molecule has 3 aliphatic heterocycles. The average Bonchev–Trinajstić information content (AvgIpc) is 3.51. The van der Waals surface area contributed by atoms with Gasteiger partial charge in [-0.25, -0.2) is 19.7 Å². The van der Waals surface area contributed by atoms with E-state index in [0.717, 1.165) is 55.4 Å². The van der Waals surface area contributed by atoms with Gasteiger partial charge in [-0.1, -0.05) is 12.1 Å². The summed E-state index contributed by atoms with van der Waals surface area (Å²) in [6.07, 6.45) is 6.46. The molecule has 8 nitrogen and oxygen atoms in total. The van der Waals surface area contributed by atoms with E-state index in [0.29, 0.717) is 5.82 Å². The second-order valence-corrected chi connectivity index (χ2v) is 8.57. The number of anilines is 4. The molecule has 2 aromatic heterocycles. The number of nitrogens with one attached hydrogen (secondary N) is 1. The summed E-state index contributed by atoms with van der Waals surface area (Å²) in [6.45, 7) is 3.97. The van der Waals surface area contributed by atoms with Crippen LogP contribution < -0.4 is 20.0 Å². The lowest BCUT2D eigenvalue weighted by Gasteiger charge is -2.35. The minimum absolute atomic E-state index is 0.100. The summed E-state index contributed by atoms with van der Waals surface area (Å²) in [7, 11) is 0. The molecule has 3 aromatic rings. The molecule has 162 valence electrons. The van der Waals surface area contributed by atoms with Crippen LogP contribution in [0.1, 0.15) is 19.3 Å². The number of benzene rings is 1. The number of hydrogen-bond acceptors (Lipinski definition) is 6. The Labute approximate surface area is 186 Å². The van der Waals surface area contributed by atoms with Crippen LogP contribution >= 0.6 is 0 Å². The Balaban J connectivity index is 1.36. The molecule has 0 aliphatic carbocycles. The zero-order valence-corrected chi connectivity index (χ0v) is 17.8. The standard InChI is InChI=1S/C24H25N7O/c32-24(28-22-8-10-25-16-26-22)31-19-9-13-30(15-19)21-7-6-20(27-23(21)31)17-4-3-5-18(14-17)29-11-1-2-12-29/h3-8,10,14,16,19H,1-2,9,11-13,15H2,(H,25,26,28,32)/t19-/m0/s1. The van der Waals surface area contributed by atoms with Crippen molar-refractivity contribution in [3.05, 3.63) is 55.0 Å². The molecule has 0 saturated carbocycles. The van der Waals surface area contributed by atoms with Crippen molar-refractivity contribution < 1.29 is 4.79 Å². The van der Waals surface area contributed by atoms with Gasteiger partial charge in [0.15, 0.2) is 5.82 Å². The molecule has 1 aromatic carbocycles. The van der Waals surface area contributed by atoms with Gasteiger partial charge in [0.25, 0.3) is 0 Å². The van der Waals surface area contributed by atoms with Crippen molar-refractivity contribution in [2.75, 3.05) is 46.2 Å². The predicted octanol–water partition coefficient (Wildman–Crippen LogP) is 3.77. The minimum atomic E-state index is -0.202. The largest absolute Gasteiger partial charge is 0.372 e. The van der Waals surface area contributed by atoms with Gasteiger partial charge in [-0.2, -0.15) is 0 Å². The number of hydrogen-bond donors (Lipinski definition) is 1. The van der Waals surface area contributed by atoms with Gasteiger partial charge in [-0.05, 0) is 49.6 Å². The van der Waals surface area contributed by atoms with E-state index in [1.165, 1.54) is 24.9 Å². The Morgan fingerprint density at radius 3 is 2.78 bits per heavy atom. The second-order valence-electron chi connectivity index (χ2n) is 8.57. The molecule has 32 heavy (non-hydrogen) atoms. The Bertz CT molecular complexity index is 1150. The predicted molar refractivity (Wildman–Crippen MR) is 125 cm³/mol. The molecule has 2 saturated heterocycles. The molecule has 1 atom stereocenters. The summed E-state index contributed by atoms with van der Waals surface area (Å²) in [6, 6.07) is 14.3. The average molecular weight is 428 g/mol. The van der Waals surface area contributed by atoms with Gasteiger partial charge in [-0.15, -0.1) is 0 Å². The number of carbonyl (C=O) groups excluding carboxylic acids is 1. The first-order chi connectivity index (χ1) is 15.8. The summed E-state index contributed by atoms with van der Waals surface area (Å²) in [4.78, 5) is 32.9. The van der Waals surface area contributed by atoms with Crippen LogP contribution in [0, 0.1) is 0 Å². The minimum Gasteiger partial charge on any atom is -0.372 e. The van der Waals surface area contributed by atoms with E-state index in [2.05, 4.69) is 61.5 Å². The lowest BCUT2D eigenvalue weighted by Crippen LogP contribution is -2.48.